The van der Waals surface area contributed by atoms with Crippen molar-refractivity contribution in [3.63, 3.8) is 0 Å². The van der Waals surface area contributed by atoms with Gasteiger partial charge in [0.15, 0.2) is 8.92 Å². The van der Waals surface area contributed by atoms with Crippen LogP contribution in [0.25, 0.3) is 0 Å². The van der Waals surface area contributed by atoms with E-state index in [0.29, 0.717) is 11.8 Å². The second-order valence-corrected chi connectivity index (χ2v) is 8.83. The Morgan fingerprint density at radius 3 is 2.24 bits per heavy atom. The molecule has 0 fully saturated rings. The molecular weight excluding hydrogens is 501 g/mol. The monoisotopic (exact) mass is 504 g/mol. The maximum atomic E-state index is 13.3. The molecule has 8 nitrogen and oxygen atoms in total. The van der Waals surface area contributed by atoms with Gasteiger partial charge >= 0.3 is 11.9 Å². The average molecular weight is 506 g/mol. The Hall–Kier alpha value is -1.54. The second kappa shape index (κ2) is 6.64. The Morgan fingerprint density at radius 1 is 1.24 bits per heavy atom. The molecule has 2 rings (SSSR count). The summed E-state index contributed by atoms with van der Waals surface area (Å²) < 4.78 is 42.7. The predicted octanol–water partition coefficient (Wildman–Crippen LogP) is 5.16. The highest BCUT2D eigenvalue weighted by Gasteiger charge is 2.43. The van der Waals surface area contributed by atoms with Gasteiger partial charge in [0.25, 0.3) is 5.69 Å². The van der Waals surface area contributed by atoms with E-state index in [1.165, 1.54) is 0 Å². The quantitative estimate of drug-likeness (QED) is 0.244. The molecule has 14 heteroatoms. The van der Waals surface area contributed by atoms with Crippen LogP contribution in [0.4, 0.5) is 30.2 Å². The highest BCUT2D eigenvalue weighted by Crippen LogP contribution is 2.48. The maximum absolute atomic E-state index is 13.3. The van der Waals surface area contributed by atoms with Gasteiger partial charge in [-0.2, -0.15) is 13.2 Å². The third-order valence-corrected chi connectivity index (χ3v) is 6.35. The van der Waals surface area contributed by atoms with E-state index in [2.05, 4.69) is 41.3 Å². The molecule has 134 valence electrons. The van der Waals surface area contributed by atoms with E-state index in [-0.39, 0.29) is 11.1 Å². The topological polar surface area (TPSA) is 111 Å². The molecule has 1 aliphatic heterocycles. The van der Waals surface area contributed by atoms with E-state index in [4.69, 9.17) is 0 Å². The largest absolute Gasteiger partial charge is 0.418 e. The maximum Gasteiger partial charge on any atom is 0.418 e. The summed E-state index contributed by atoms with van der Waals surface area (Å²) in [5, 5.41) is 21.9. The Bertz CT molecular complexity index is 841. The number of aliphatic imine (C=N–C) groups is 1. The van der Waals surface area contributed by atoms with Crippen molar-refractivity contribution in [1.82, 2.24) is 0 Å². The standard InChI is InChI=1S/C11H5Br2F3N4O4S/c1-4-10(12,13)9(25-18-4)17-8-6(11(14,15)16)2-5(19(21)22)3-7(8)20(23)24/h2-3H,1H3. The molecule has 0 unspecified atom stereocenters. The first-order chi connectivity index (χ1) is 11.4. The van der Waals surface area contributed by atoms with Crippen LogP contribution in [0.1, 0.15) is 12.5 Å². The number of nitro groups is 2. The molecule has 0 saturated heterocycles. The van der Waals surface area contributed by atoms with Crippen LogP contribution in [0.2, 0.25) is 0 Å². The van der Waals surface area contributed by atoms with Crippen LogP contribution in [0.15, 0.2) is 21.5 Å². The fraction of sp³-hybridized carbons (Fsp3) is 0.273. The minimum Gasteiger partial charge on any atom is -0.258 e. The number of nitro benzene ring substituents is 2. The molecule has 0 atom stereocenters. The fourth-order valence-corrected chi connectivity index (χ4v) is 3.53. The lowest BCUT2D eigenvalue weighted by molar-refractivity contribution is -0.394. The van der Waals surface area contributed by atoms with Gasteiger partial charge in [0, 0.05) is 18.0 Å². The lowest BCUT2D eigenvalue weighted by atomic mass is 10.1. The summed E-state index contributed by atoms with van der Waals surface area (Å²) in [6, 6.07) is 0.649. The minimum atomic E-state index is -5.09. The summed E-state index contributed by atoms with van der Waals surface area (Å²) in [6.45, 7) is 1.56. The van der Waals surface area contributed by atoms with Crippen molar-refractivity contribution in [3.8, 4) is 0 Å². The van der Waals surface area contributed by atoms with E-state index < -0.39 is 41.9 Å². The molecule has 0 aromatic heterocycles. The molecule has 0 spiro atoms. The number of benzene rings is 1. The van der Waals surface area contributed by atoms with Crippen molar-refractivity contribution in [3.05, 3.63) is 37.9 Å². The van der Waals surface area contributed by atoms with E-state index in [1.807, 2.05) is 0 Å². The van der Waals surface area contributed by atoms with E-state index in [1.54, 1.807) is 6.92 Å². The molecule has 1 aliphatic rings. The van der Waals surface area contributed by atoms with Gasteiger partial charge in [0.1, 0.15) is 5.04 Å². The second-order valence-electron chi connectivity index (χ2n) is 4.63. The van der Waals surface area contributed by atoms with Crippen LogP contribution in [0.5, 0.6) is 0 Å². The van der Waals surface area contributed by atoms with Crippen LogP contribution in [-0.2, 0) is 6.18 Å². The summed E-state index contributed by atoms with van der Waals surface area (Å²) in [6.07, 6.45) is -5.09. The number of halogens is 5. The Balaban J connectivity index is 2.80. The molecule has 0 radical (unpaired) electrons. The number of rotatable bonds is 3. The number of non-ortho nitro benzene ring substituents is 1. The van der Waals surface area contributed by atoms with Crippen molar-refractivity contribution in [2.45, 2.75) is 16.3 Å². The van der Waals surface area contributed by atoms with Crippen molar-refractivity contribution >= 4 is 71.6 Å². The zero-order chi connectivity index (χ0) is 19.2. The van der Waals surface area contributed by atoms with E-state index in [9.17, 15) is 33.4 Å². The zero-order valence-electron chi connectivity index (χ0n) is 11.9. The Kier molecular flexibility index (Phi) is 5.26. The lowest BCUT2D eigenvalue weighted by Crippen LogP contribution is -2.25. The lowest BCUT2D eigenvalue weighted by Gasteiger charge is -2.15. The predicted molar refractivity (Wildman–Crippen MR) is 93.1 cm³/mol. The molecule has 0 amide bonds. The molecule has 1 heterocycles. The highest BCUT2D eigenvalue weighted by atomic mass is 79.9. The summed E-state index contributed by atoms with van der Waals surface area (Å²) >= 11 is 7.08. The van der Waals surface area contributed by atoms with E-state index in [0.717, 1.165) is 11.9 Å². The highest BCUT2D eigenvalue weighted by molar-refractivity contribution is 9.26. The molecule has 0 aliphatic carbocycles. The molecule has 1 aromatic rings. The molecule has 1 aromatic carbocycles. The first-order valence-electron chi connectivity index (χ1n) is 6.08. The minimum absolute atomic E-state index is 0.0348. The van der Waals surface area contributed by atoms with Gasteiger partial charge in [-0.3, -0.25) is 20.2 Å². The first kappa shape index (κ1) is 19.8. The number of nitrogens with zero attached hydrogens (tertiary/aromatic N) is 4. The van der Waals surface area contributed by atoms with Gasteiger partial charge in [-0.1, -0.05) is 31.9 Å². The van der Waals surface area contributed by atoms with Gasteiger partial charge < -0.3 is 0 Å². The Labute approximate surface area is 158 Å². The van der Waals surface area contributed by atoms with Crippen molar-refractivity contribution < 1.29 is 23.0 Å². The third-order valence-electron chi connectivity index (χ3n) is 2.99. The van der Waals surface area contributed by atoms with E-state index >= 15 is 0 Å². The van der Waals surface area contributed by atoms with Gasteiger partial charge in [-0.15, -0.1) is 0 Å². The first-order valence-corrected chi connectivity index (χ1v) is 8.44. The fourth-order valence-electron chi connectivity index (χ4n) is 1.76. The molecule has 25 heavy (non-hydrogen) atoms. The number of alkyl halides is 5. The summed E-state index contributed by atoms with van der Waals surface area (Å²) in [5.74, 6) is 0. The number of hydrogen-bond acceptors (Lipinski definition) is 7. The Morgan fingerprint density at radius 2 is 1.84 bits per heavy atom. The molecule has 0 N–H and O–H groups in total. The van der Waals surface area contributed by atoms with Gasteiger partial charge in [0.2, 0.25) is 0 Å². The average Bonchev–Trinajstić information content (AvgIpc) is 2.72. The summed E-state index contributed by atoms with van der Waals surface area (Å²) in [7, 11) is 0. The van der Waals surface area contributed by atoms with Crippen molar-refractivity contribution in [1.29, 1.82) is 0 Å². The third kappa shape index (κ3) is 3.84. The van der Waals surface area contributed by atoms with Crippen LogP contribution < -0.4 is 0 Å². The number of hydrogen-bond donors (Lipinski definition) is 0. The van der Waals surface area contributed by atoms with Gasteiger partial charge in [-0.25, -0.2) is 9.39 Å². The van der Waals surface area contributed by atoms with Crippen molar-refractivity contribution in [2.24, 2.45) is 9.39 Å². The van der Waals surface area contributed by atoms with Gasteiger partial charge in [0.05, 0.1) is 27.2 Å². The normalized spacial score (nSPS) is 18.3. The van der Waals surface area contributed by atoms with Crippen LogP contribution in [0, 0.1) is 20.2 Å². The molecule has 0 saturated carbocycles. The van der Waals surface area contributed by atoms with Crippen LogP contribution in [-0.4, -0.2) is 23.8 Å². The molecular formula is C11H5Br2F3N4O4S. The van der Waals surface area contributed by atoms with Crippen LogP contribution >= 0.6 is 43.8 Å². The summed E-state index contributed by atoms with van der Waals surface area (Å²) in [4.78, 5) is 23.4. The SMILES string of the molecule is CC1=NSC(=Nc2c([N+](=O)[O-])cc([N+](=O)[O-])cc2C(F)(F)F)C1(Br)Br. The van der Waals surface area contributed by atoms with Crippen LogP contribution in [0.3, 0.4) is 0 Å². The van der Waals surface area contributed by atoms with Crippen molar-refractivity contribution in [2.75, 3.05) is 0 Å². The zero-order valence-corrected chi connectivity index (χ0v) is 15.9. The summed E-state index contributed by atoms with van der Waals surface area (Å²) in [5.41, 5.74) is -4.37. The molecule has 0 bridgehead atoms. The van der Waals surface area contributed by atoms with Gasteiger partial charge in [-0.05, 0) is 6.92 Å². The smallest absolute Gasteiger partial charge is 0.258 e.